The molecule has 0 radical (unpaired) electrons. The fraction of sp³-hybridized carbons (Fsp3) is 0.0323. The van der Waals surface area contributed by atoms with Gasteiger partial charge in [-0.1, -0.05) is 109 Å². The highest BCUT2D eigenvalue weighted by atomic mass is 16.6. The smallest absolute Gasteiger partial charge is 0.293 e. The molecule has 5 aromatic rings. The lowest BCUT2D eigenvalue weighted by Gasteiger charge is -2.46. The highest BCUT2D eigenvalue weighted by Gasteiger charge is 2.46. The molecule has 1 heterocycles. The number of nitrogens with zero attached hydrogens (tertiary/aromatic N) is 2. The topological polar surface area (TPSA) is 46.4 Å². The highest BCUT2D eigenvalue weighted by molar-refractivity contribution is 5.91. The normalized spacial score (nSPS) is 13.5. The predicted molar refractivity (Wildman–Crippen MR) is 140 cm³/mol. The van der Waals surface area contributed by atoms with Crippen molar-refractivity contribution in [3.05, 3.63) is 166 Å². The summed E-state index contributed by atoms with van der Waals surface area (Å²) in [5.41, 5.74) is 6.33. The van der Waals surface area contributed by atoms with Crippen LogP contribution >= 0.6 is 0 Å². The zero-order valence-corrected chi connectivity index (χ0v) is 18.9. The van der Waals surface area contributed by atoms with E-state index >= 15 is 0 Å². The van der Waals surface area contributed by atoms with E-state index in [-0.39, 0.29) is 10.6 Å². The molecule has 0 saturated carbocycles. The number of nitro groups is 1. The van der Waals surface area contributed by atoms with Crippen molar-refractivity contribution in [1.82, 2.24) is 0 Å². The summed E-state index contributed by atoms with van der Waals surface area (Å²) in [6.07, 6.45) is 0. The molecule has 4 nitrogen and oxygen atoms in total. The molecular formula is C31H22N2O2. The maximum Gasteiger partial charge on any atom is 0.293 e. The van der Waals surface area contributed by atoms with Crippen LogP contribution in [0, 0.1) is 10.1 Å². The molecular weight excluding hydrogens is 432 g/mol. The second-order valence-electron chi connectivity index (χ2n) is 8.60. The van der Waals surface area contributed by atoms with Gasteiger partial charge in [0.05, 0.1) is 21.7 Å². The lowest BCUT2D eigenvalue weighted by molar-refractivity contribution is -0.384. The van der Waals surface area contributed by atoms with Crippen molar-refractivity contribution in [2.75, 3.05) is 4.90 Å². The summed E-state index contributed by atoms with van der Waals surface area (Å²) in [5, 5.41) is 12.0. The van der Waals surface area contributed by atoms with E-state index in [4.69, 9.17) is 0 Å². The van der Waals surface area contributed by atoms with Gasteiger partial charge in [-0.05, 0) is 40.5 Å². The highest BCUT2D eigenvalue weighted by Crippen LogP contribution is 2.58. The standard InChI is InChI=1S/C31H22N2O2/c34-33(35)30-22-12-11-21-29(30)32-27-19-9-7-17-25(27)31(23-13-3-1-4-14-23,24-15-5-2-6-16-24)26-18-8-10-20-28(26)32/h1-22H. The number of para-hydroxylation sites is 4. The maximum atomic E-state index is 12.0. The van der Waals surface area contributed by atoms with Crippen LogP contribution in [0.15, 0.2) is 133 Å². The number of anilines is 3. The minimum absolute atomic E-state index is 0.0732. The zero-order valence-electron chi connectivity index (χ0n) is 18.9. The molecule has 1 aliphatic rings. The zero-order chi connectivity index (χ0) is 23.8. The van der Waals surface area contributed by atoms with Crippen molar-refractivity contribution in [2.24, 2.45) is 0 Å². The summed E-state index contributed by atoms with van der Waals surface area (Å²) in [4.78, 5) is 13.8. The molecule has 5 aromatic carbocycles. The van der Waals surface area contributed by atoms with Gasteiger partial charge in [-0.3, -0.25) is 10.1 Å². The molecule has 0 fully saturated rings. The number of hydrogen-bond donors (Lipinski definition) is 0. The molecule has 0 saturated heterocycles. The Hall–Kier alpha value is -4.70. The van der Waals surface area contributed by atoms with Gasteiger partial charge in [-0.15, -0.1) is 0 Å². The lowest BCUT2D eigenvalue weighted by Crippen LogP contribution is -2.37. The van der Waals surface area contributed by atoms with E-state index in [1.807, 2.05) is 53.4 Å². The maximum absolute atomic E-state index is 12.0. The third-order valence-electron chi connectivity index (χ3n) is 6.83. The molecule has 0 amide bonds. The minimum atomic E-state index is -0.588. The summed E-state index contributed by atoms with van der Waals surface area (Å²) in [5.74, 6) is 0. The number of hydrogen-bond acceptors (Lipinski definition) is 3. The molecule has 35 heavy (non-hydrogen) atoms. The van der Waals surface area contributed by atoms with Crippen LogP contribution in [-0.2, 0) is 5.41 Å². The monoisotopic (exact) mass is 454 g/mol. The van der Waals surface area contributed by atoms with Crippen molar-refractivity contribution >= 4 is 22.7 Å². The second-order valence-corrected chi connectivity index (χ2v) is 8.60. The van der Waals surface area contributed by atoms with E-state index in [2.05, 4.69) is 72.8 Å². The Morgan fingerprint density at radius 1 is 0.514 bits per heavy atom. The van der Waals surface area contributed by atoms with Crippen LogP contribution in [0.4, 0.5) is 22.7 Å². The van der Waals surface area contributed by atoms with Gasteiger partial charge < -0.3 is 4.90 Å². The van der Waals surface area contributed by atoms with E-state index in [1.54, 1.807) is 12.1 Å². The van der Waals surface area contributed by atoms with Gasteiger partial charge in [-0.25, -0.2) is 0 Å². The summed E-state index contributed by atoms with van der Waals surface area (Å²) in [6.45, 7) is 0. The van der Waals surface area contributed by atoms with Crippen molar-refractivity contribution in [2.45, 2.75) is 5.41 Å². The summed E-state index contributed by atoms with van der Waals surface area (Å²) in [6, 6.07) is 44.5. The van der Waals surface area contributed by atoms with Crippen molar-refractivity contribution in [3.63, 3.8) is 0 Å². The van der Waals surface area contributed by atoms with Gasteiger partial charge in [0.2, 0.25) is 0 Å². The van der Waals surface area contributed by atoms with E-state index in [9.17, 15) is 10.1 Å². The third kappa shape index (κ3) is 3.07. The first-order valence-corrected chi connectivity index (χ1v) is 11.6. The van der Waals surface area contributed by atoms with E-state index in [0.717, 1.165) is 33.6 Å². The average molecular weight is 455 g/mol. The summed E-state index contributed by atoms with van der Waals surface area (Å²) >= 11 is 0. The minimum Gasteiger partial charge on any atom is -0.304 e. The molecule has 0 unspecified atom stereocenters. The molecule has 1 aliphatic heterocycles. The Morgan fingerprint density at radius 3 is 1.40 bits per heavy atom. The Kier molecular flexibility index (Phi) is 4.93. The molecule has 0 spiro atoms. The Bertz CT molecular complexity index is 1440. The first-order chi connectivity index (χ1) is 17.2. The van der Waals surface area contributed by atoms with Crippen LogP contribution in [0.1, 0.15) is 22.3 Å². The average Bonchev–Trinajstić information content (AvgIpc) is 2.92. The van der Waals surface area contributed by atoms with Crippen LogP contribution in [-0.4, -0.2) is 4.92 Å². The molecule has 0 atom stereocenters. The fourth-order valence-electron chi connectivity index (χ4n) is 5.48. The Morgan fingerprint density at radius 2 is 0.914 bits per heavy atom. The predicted octanol–water partition coefficient (Wildman–Crippen LogP) is 7.76. The van der Waals surface area contributed by atoms with Crippen LogP contribution in [0.2, 0.25) is 0 Å². The first-order valence-electron chi connectivity index (χ1n) is 11.6. The van der Waals surface area contributed by atoms with Gasteiger partial charge in [-0.2, -0.15) is 0 Å². The first kappa shape index (κ1) is 20.9. The summed E-state index contributed by atoms with van der Waals surface area (Å²) < 4.78 is 0. The number of benzene rings is 5. The molecule has 0 bridgehead atoms. The number of fused-ring (bicyclic) bond motifs is 2. The lowest BCUT2D eigenvalue weighted by atomic mass is 9.62. The van der Waals surface area contributed by atoms with Crippen LogP contribution in [0.5, 0.6) is 0 Å². The summed E-state index contributed by atoms with van der Waals surface area (Å²) in [7, 11) is 0. The number of nitro benzene ring substituents is 1. The van der Waals surface area contributed by atoms with Crippen LogP contribution < -0.4 is 4.90 Å². The number of rotatable bonds is 4. The molecule has 6 rings (SSSR count). The van der Waals surface area contributed by atoms with E-state index < -0.39 is 5.41 Å². The van der Waals surface area contributed by atoms with Crippen molar-refractivity contribution < 1.29 is 4.92 Å². The molecule has 4 heteroatoms. The quantitative estimate of drug-likeness (QED) is 0.202. The van der Waals surface area contributed by atoms with Crippen molar-refractivity contribution in [1.29, 1.82) is 0 Å². The molecule has 168 valence electrons. The SMILES string of the molecule is O=[N+]([O-])c1ccccc1N1c2ccccc2C(c2ccccc2)(c2ccccc2)c2ccccc21. The van der Waals surface area contributed by atoms with Gasteiger partial charge in [0.15, 0.2) is 0 Å². The fourth-order valence-corrected chi connectivity index (χ4v) is 5.48. The largest absolute Gasteiger partial charge is 0.304 e. The van der Waals surface area contributed by atoms with Crippen LogP contribution in [0.25, 0.3) is 0 Å². The Balaban J connectivity index is 1.77. The van der Waals surface area contributed by atoms with Gasteiger partial charge in [0.1, 0.15) is 5.69 Å². The van der Waals surface area contributed by atoms with Crippen molar-refractivity contribution in [3.8, 4) is 0 Å². The van der Waals surface area contributed by atoms with E-state index in [1.165, 1.54) is 0 Å². The molecule has 0 aliphatic carbocycles. The third-order valence-corrected chi connectivity index (χ3v) is 6.83. The Labute approximate surface area is 203 Å². The molecule has 0 N–H and O–H groups in total. The van der Waals surface area contributed by atoms with Gasteiger partial charge in [0, 0.05) is 6.07 Å². The van der Waals surface area contributed by atoms with Gasteiger partial charge >= 0.3 is 0 Å². The second kappa shape index (κ2) is 8.26. The van der Waals surface area contributed by atoms with Crippen LogP contribution in [0.3, 0.4) is 0 Å². The van der Waals surface area contributed by atoms with E-state index in [0.29, 0.717) is 5.69 Å². The molecule has 0 aromatic heterocycles. The van der Waals surface area contributed by atoms with Gasteiger partial charge in [0.25, 0.3) is 5.69 Å².